The van der Waals surface area contributed by atoms with Crippen LogP contribution >= 0.6 is 11.6 Å². The molecule has 0 saturated carbocycles. The zero-order chi connectivity index (χ0) is 21.3. The number of likely N-dealkylation sites (tertiary alicyclic amines) is 1. The minimum Gasteiger partial charge on any atom is -0.479 e. The normalized spacial score (nSPS) is 16.5. The van der Waals surface area contributed by atoms with Gasteiger partial charge in [0.05, 0.1) is 10.6 Å². The molecular weight excluding hydrogens is 397 g/mol. The standard InChI is InChI=1S/C22H23ClFNO4/c1-13(21(27)28)29-19-8-6-15(24)12-17(19)14-5-7-16(18(23)11-14)20(26)25-10-4-9-22(25,2)3/h5-8,11-13H,4,9-10H2,1-3H3,(H,27,28)/t13-/m1/s1. The number of aliphatic carboxylic acids is 1. The van der Waals surface area contributed by atoms with E-state index in [4.69, 9.17) is 21.4 Å². The zero-order valence-corrected chi connectivity index (χ0v) is 17.3. The van der Waals surface area contributed by atoms with Crippen molar-refractivity contribution in [3.05, 3.63) is 52.8 Å². The first kappa shape index (κ1) is 21.1. The van der Waals surface area contributed by atoms with Crippen LogP contribution in [-0.4, -0.2) is 40.1 Å². The van der Waals surface area contributed by atoms with Gasteiger partial charge in [0, 0.05) is 17.6 Å². The van der Waals surface area contributed by atoms with Crippen LogP contribution in [0.25, 0.3) is 11.1 Å². The van der Waals surface area contributed by atoms with Gasteiger partial charge in [-0.25, -0.2) is 9.18 Å². The molecule has 3 rings (SSSR count). The van der Waals surface area contributed by atoms with Gasteiger partial charge in [-0.2, -0.15) is 0 Å². The summed E-state index contributed by atoms with van der Waals surface area (Å²) in [6.07, 6.45) is 0.772. The number of nitrogens with zero attached hydrogens (tertiary/aromatic N) is 1. The van der Waals surface area contributed by atoms with E-state index in [9.17, 15) is 14.0 Å². The molecule has 154 valence electrons. The van der Waals surface area contributed by atoms with Gasteiger partial charge in [0.25, 0.3) is 5.91 Å². The lowest BCUT2D eigenvalue weighted by Crippen LogP contribution is -2.42. The van der Waals surface area contributed by atoms with Crippen molar-refractivity contribution in [2.45, 2.75) is 45.3 Å². The fourth-order valence-electron chi connectivity index (χ4n) is 3.56. The summed E-state index contributed by atoms with van der Waals surface area (Å²) < 4.78 is 19.3. The average molecular weight is 420 g/mol. The van der Waals surface area contributed by atoms with E-state index in [1.54, 1.807) is 18.2 Å². The second-order valence-electron chi connectivity index (χ2n) is 7.81. The Balaban J connectivity index is 1.96. The minimum atomic E-state index is -1.13. The van der Waals surface area contributed by atoms with Crippen molar-refractivity contribution in [2.75, 3.05) is 6.54 Å². The number of halogens is 2. The van der Waals surface area contributed by atoms with Crippen LogP contribution in [0.5, 0.6) is 5.75 Å². The molecule has 0 bridgehead atoms. The van der Waals surface area contributed by atoms with Gasteiger partial charge in [0.15, 0.2) is 6.10 Å². The number of rotatable bonds is 5. The quantitative estimate of drug-likeness (QED) is 0.739. The molecule has 1 amide bonds. The van der Waals surface area contributed by atoms with Crippen molar-refractivity contribution in [3.63, 3.8) is 0 Å². The summed E-state index contributed by atoms with van der Waals surface area (Å²) in [7, 11) is 0. The summed E-state index contributed by atoms with van der Waals surface area (Å²) in [5, 5.41) is 9.33. The number of carboxylic acids is 1. The maximum Gasteiger partial charge on any atom is 0.344 e. The predicted molar refractivity (Wildman–Crippen MR) is 109 cm³/mol. The third kappa shape index (κ3) is 4.37. The largest absolute Gasteiger partial charge is 0.479 e. The lowest BCUT2D eigenvalue weighted by atomic mass is 9.99. The number of carboxylic acid groups (broad SMARTS) is 1. The highest BCUT2D eigenvalue weighted by molar-refractivity contribution is 6.34. The highest BCUT2D eigenvalue weighted by atomic mass is 35.5. The van der Waals surface area contributed by atoms with E-state index >= 15 is 0 Å². The van der Waals surface area contributed by atoms with Gasteiger partial charge in [-0.1, -0.05) is 17.7 Å². The lowest BCUT2D eigenvalue weighted by Gasteiger charge is -2.32. The van der Waals surface area contributed by atoms with Gasteiger partial charge >= 0.3 is 5.97 Å². The molecule has 29 heavy (non-hydrogen) atoms. The van der Waals surface area contributed by atoms with Crippen molar-refractivity contribution >= 4 is 23.5 Å². The van der Waals surface area contributed by atoms with E-state index in [1.807, 2.05) is 18.7 Å². The average Bonchev–Trinajstić information content (AvgIpc) is 3.01. The molecule has 1 N–H and O–H groups in total. The van der Waals surface area contributed by atoms with Gasteiger partial charge < -0.3 is 14.7 Å². The fourth-order valence-corrected chi connectivity index (χ4v) is 3.82. The van der Waals surface area contributed by atoms with E-state index in [0.29, 0.717) is 23.2 Å². The summed E-state index contributed by atoms with van der Waals surface area (Å²) in [5.41, 5.74) is 1.04. The van der Waals surface area contributed by atoms with Crippen molar-refractivity contribution in [3.8, 4) is 16.9 Å². The molecule has 1 aliphatic rings. The van der Waals surface area contributed by atoms with Crippen LogP contribution in [-0.2, 0) is 4.79 Å². The molecule has 0 aromatic heterocycles. The summed E-state index contributed by atoms with van der Waals surface area (Å²) in [4.78, 5) is 25.9. The molecular formula is C22H23ClFNO4. The number of amides is 1. The second kappa shape index (κ2) is 8.03. The van der Waals surface area contributed by atoms with Crippen LogP contribution in [0.2, 0.25) is 5.02 Å². The first-order chi connectivity index (χ1) is 13.6. The topological polar surface area (TPSA) is 66.8 Å². The highest BCUT2D eigenvalue weighted by Crippen LogP contribution is 2.36. The Morgan fingerprint density at radius 2 is 1.97 bits per heavy atom. The summed E-state index contributed by atoms with van der Waals surface area (Å²) in [6.45, 7) is 6.13. The Labute approximate surface area is 174 Å². The third-order valence-electron chi connectivity index (χ3n) is 5.25. The molecule has 1 saturated heterocycles. The lowest BCUT2D eigenvalue weighted by molar-refractivity contribution is -0.144. The monoisotopic (exact) mass is 419 g/mol. The number of benzene rings is 2. The van der Waals surface area contributed by atoms with Crippen LogP contribution < -0.4 is 4.74 Å². The van der Waals surface area contributed by atoms with Gasteiger partial charge in [-0.15, -0.1) is 0 Å². The fraction of sp³-hybridized carbons (Fsp3) is 0.364. The van der Waals surface area contributed by atoms with Crippen molar-refractivity contribution in [1.29, 1.82) is 0 Å². The number of carbonyl (C=O) groups is 2. The summed E-state index contributed by atoms with van der Waals surface area (Å²) in [6, 6.07) is 8.68. The maximum absolute atomic E-state index is 13.9. The minimum absolute atomic E-state index is 0.140. The van der Waals surface area contributed by atoms with E-state index in [1.165, 1.54) is 25.1 Å². The number of hydrogen-bond donors (Lipinski definition) is 1. The molecule has 1 atom stereocenters. The van der Waals surface area contributed by atoms with Gasteiger partial charge in [0.2, 0.25) is 0 Å². The molecule has 1 fully saturated rings. The van der Waals surface area contributed by atoms with Gasteiger partial charge in [0.1, 0.15) is 11.6 Å². The van der Waals surface area contributed by atoms with E-state index < -0.39 is 17.9 Å². The zero-order valence-electron chi connectivity index (χ0n) is 16.5. The second-order valence-corrected chi connectivity index (χ2v) is 8.21. The molecule has 5 nitrogen and oxygen atoms in total. The van der Waals surface area contributed by atoms with Crippen molar-refractivity contribution in [1.82, 2.24) is 4.90 Å². The molecule has 0 unspecified atom stereocenters. The molecule has 7 heteroatoms. The SMILES string of the molecule is C[C@@H](Oc1ccc(F)cc1-c1ccc(C(=O)N2CCCC2(C)C)c(Cl)c1)C(=O)O. The number of hydrogen-bond acceptors (Lipinski definition) is 3. The smallest absolute Gasteiger partial charge is 0.344 e. The predicted octanol–water partition coefficient (Wildman–Crippen LogP) is 5.01. The van der Waals surface area contributed by atoms with Gasteiger partial charge in [-0.05, 0) is 69.5 Å². The molecule has 2 aromatic carbocycles. The molecule has 0 aliphatic carbocycles. The Bertz CT molecular complexity index is 960. The Kier molecular flexibility index (Phi) is 5.85. The van der Waals surface area contributed by atoms with Gasteiger partial charge in [-0.3, -0.25) is 4.79 Å². The van der Waals surface area contributed by atoms with Crippen LogP contribution in [0.4, 0.5) is 4.39 Å². The van der Waals surface area contributed by atoms with E-state index in [2.05, 4.69) is 0 Å². The molecule has 0 spiro atoms. The Hall–Kier alpha value is -2.60. The van der Waals surface area contributed by atoms with Crippen molar-refractivity contribution in [2.24, 2.45) is 0 Å². The maximum atomic E-state index is 13.9. The Morgan fingerprint density at radius 1 is 1.24 bits per heavy atom. The van der Waals surface area contributed by atoms with Crippen LogP contribution in [0, 0.1) is 5.82 Å². The molecule has 2 aromatic rings. The van der Waals surface area contributed by atoms with Crippen LogP contribution in [0.15, 0.2) is 36.4 Å². The van der Waals surface area contributed by atoms with Crippen LogP contribution in [0.1, 0.15) is 44.0 Å². The van der Waals surface area contributed by atoms with E-state index in [0.717, 1.165) is 12.8 Å². The Morgan fingerprint density at radius 3 is 2.55 bits per heavy atom. The number of carbonyl (C=O) groups excluding carboxylic acids is 1. The first-order valence-corrected chi connectivity index (χ1v) is 9.79. The summed E-state index contributed by atoms with van der Waals surface area (Å²) in [5.74, 6) is -1.55. The molecule has 1 heterocycles. The highest BCUT2D eigenvalue weighted by Gasteiger charge is 2.36. The number of ether oxygens (including phenoxy) is 1. The van der Waals surface area contributed by atoms with Crippen molar-refractivity contribution < 1.29 is 23.8 Å². The summed E-state index contributed by atoms with van der Waals surface area (Å²) >= 11 is 6.42. The van der Waals surface area contributed by atoms with Crippen LogP contribution in [0.3, 0.4) is 0 Å². The van der Waals surface area contributed by atoms with E-state index in [-0.39, 0.29) is 22.2 Å². The molecule has 0 radical (unpaired) electrons. The molecule has 1 aliphatic heterocycles. The third-order valence-corrected chi connectivity index (χ3v) is 5.56. The first-order valence-electron chi connectivity index (χ1n) is 9.41.